The third kappa shape index (κ3) is 8.12. The molecule has 1 rings (SSSR count). The SMILES string of the molecule is CCNCCNC(=O)CC(C)Cc1cccc(F)c1.Cl. The monoisotopic (exact) mass is 302 g/mol. The van der Waals surface area contributed by atoms with Gasteiger partial charge in [0.25, 0.3) is 0 Å². The van der Waals surface area contributed by atoms with Crippen LogP contribution in [0.3, 0.4) is 0 Å². The van der Waals surface area contributed by atoms with Gasteiger partial charge in [-0.25, -0.2) is 4.39 Å². The van der Waals surface area contributed by atoms with E-state index < -0.39 is 0 Å². The van der Waals surface area contributed by atoms with Gasteiger partial charge in [-0.1, -0.05) is 26.0 Å². The third-order valence-corrected chi connectivity index (χ3v) is 2.88. The fourth-order valence-electron chi connectivity index (χ4n) is 1.99. The van der Waals surface area contributed by atoms with Gasteiger partial charge in [0.1, 0.15) is 5.82 Å². The zero-order chi connectivity index (χ0) is 14.1. The molecule has 0 heterocycles. The smallest absolute Gasteiger partial charge is 0.220 e. The second-order valence-electron chi connectivity index (χ2n) is 4.85. The van der Waals surface area contributed by atoms with E-state index >= 15 is 0 Å². The van der Waals surface area contributed by atoms with Crippen LogP contribution >= 0.6 is 12.4 Å². The molecule has 0 aromatic heterocycles. The van der Waals surface area contributed by atoms with Crippen molar-refractivity contribution in [3.05, 3.63) is 35.6 Å². The van der Waals surface area contributed by atoms with Gasteiger partial charge in [-0.05, 0) is 36.6 Å². The van der Waals surface area contributed by atoms with Crippen molar-refractivity contribution in [3.63, 3.8) is 0 Å². The molecule has 0 bridgehead atoms. The molecule has 2 N–H and O–H groups in total. The average Bonchev–Trinajstić information content (AvgIpc) is 2.34. The summed E-state index contributed by atoms with van der Waals surface area (Å²) >= 11 is 0. The Morgan fingerprint density at radius 2 is 2.10 bits per heavy atom. The Kier molecular flexibility index (Phi) is 10.0. The summed E-state index contributed by atoms with van der Waals surface area (Å²) in [6, 6.07) is 6.55. The Labute approximate surface area is 126 Å². The van der Waals surface area contributed by atoms with Gasteiger partial charge in [0.05, 0.1) is 0 Å². The van der Waals surface area contributed by atoms with E-state index in [4.69, 9.17) is 0 Å². The highest BCUT2D eigenvalue weighted by atomic mass is 35.5. The maximum absolute atomic E-state index is 13.0. The molecule has 114 valence electrons. The minimum atomic E-state index is -0.222. The van der Waals surface area contributed by atoms with E-state index in [1.165, 1.54) is 12.1 Å². The quantitative estimate of drug-likeness (QED) is 0.725. The molecule has 0 aliphatic carbocycles. The average molecular weight is 303 g/mol. The van der Waals surface area contributed by atoms with Crippen molar-refractivity contribution in [1.82, 2.24) is 10.6 Å². The summed E-state index contributed by atoms with van der Waals surface area (Å²) in [4.78, 5) is 11.7. The standard InChI is InChI=1S/C15H23FN2O.ClH/c1-3-17-7-8-18-15(19)10-12(2)9-13-5-4-6-14(16)11-13;/h4-6,11-12,17H,3,7-10H2,1-2H3,(H,18,19);1H. The minimum Gasteiger partial charge on any atom is -0.355 e. The first-order chi connectivity index (χ1) is 9.11. The molecule has 0 aliphatic rings. The lowest BCUT2D eigenvalue weighted by molar-refractivity contribution is -0.121. The van der Waals surface area contributed by atoms with Gasteiger partial charge in [-0.2, -0.15) is 0 Å². The lowest BCUT2D eigenvalue weighted by Crippen LogP contribution is -2.32. The highest BCUT2D eigenvalue weighted by Gasteiger charge is 2.09. The number of carbonyl (C=O) groups is 1. The lowest BCUT2D eigenvalue weighted by Gasteiger charge is -2.12. The molecule has 20 heavy (non-hydrogen) atoms. The van der Waals surface area contributed by atoms with Crippen molar-refractivity contribution >= 4 is 18.3 Å². The first kappa shape index (κ1) is 18.9. The van der Waals surface area contributed by atoms with Crippen LogP contribution in [-0.4, -0.2) is 25.5 Å². The first-order valence-electron chi connectivity index (χ1n) is 6.83. The van der Waals surface area contributed by atoms with Crippen LogP contribution in [0.5, 0.6) is 0 Å². The summed E-state index contributed by atoms with van der Waals surface area (Å²) < 4.78 is 13.0. The predicted octanol–water partition coefficient (Wildman–Crippen LogP) is 2.54. The van der Waals surface area contributed by atoms with Gasteiger partial charge in [-0.15, -0.1) is 12.4 Å². The fourth-order valence-corrected chi connectivity index (χ4v) is 1.99. The number of nitrogens with one attached hydrogen (secondary N) is 2. The largest absolute Gasteiger partial charge is 0.355 e. The molecule has 0 saturated carbocycles. The highest BCUT2D eigenvalue weighted by molar-refractivity contribution is 5.85. The number of rotatable bonds is 8. The van der Waals surface area contributed by atoms with Gasteiger partial charge >= 0.3 is 0 Å². The molecule has 3 nitrogen and oxygen atoms in total. The Bertz CT molecular complexity index is 401. The minimum absolute atomic E-state index is 0. The van der Waals surface area contributed by atoms with E-state index in [-0.39, 0.29) is 30.0 Å². The van der Waals surface area contributed by atoms with Gasteiger partial charge < -0.3 is 10.6 Å². The van der Waals surface area contributed by atoms with Crippen LogP contribution < -0.4 is 10.6 Å². The number of carbonyl (C=O) groups excluding carboxylic acids is 1. The molecule has 0 radical (unpaired) electrons. The van der Waals surface area contributed by atoms with Crippen LogP contribution in [0.2, 0.25) is 0 Å². The molecule has 0 fully saturated rings. The molecule has 1 unspecified atom stereocenters. The molecule has 1 aromatic carbocycles. The van der Waals surface area contributed by atoms with E-state index in [9.17, 15) is 9.18 Å². The summed E-state index contributed by atoms with van der Waals surface area (Å²) in [6.45, 7) is 6.39. The maximum atomic E-state index is 13.0. The van der Waals surface area contributed by atoms with Crippen LogP contribution in [0.1, 0.15) is 25.8 Å². The van der Waals surface area contributed by atoms with Crippen LogP contribution in [0, 0.1) is 11.7 Å². The van der Waals surface area contributed by atoms with Crippen molar-refractivity contribution in [1.29, 1.82) is 0 Å². The number of halogens is 2. The van der Waals surface area contributed by atoms with Crippen molar-refractivity contribution < 1.29 is 9.18 Å². The molecule has 0 saturated heterocycles. The molecular formula is C15H24ClFN2O. The Morgan fingerprint density at radius 3 is 2.75 bits per heavy atom. The van der Waals surface area contributed by atoms with E-state index in [2.05, 4.69) is 10.6 Å². The van der Waals surface area contributed by atoms with Crippen molar-refractivity contribution in [2.45, 2.75) is 26.7 Å². The van der Waals surface area contributed by atoms with Gasteiger partial charge in [0.15, 0.2) is 0 Å². The molecular weight excluding hydrogens is 279 g/mol. The maximum Gasteiger partial charge on any atom is 0.220 e. The van der Waals surface area contributed by atoms with Gasteiger partial charge in [0.2, 0.25) is 5.91 Å². The number of benzene rings is 1. The zero-order valence-corrected chi connectivity index (χ0v) is 12.9. The number of amides is 1. The molecule has 5 heteroatoms. The molecule has 1 atom stereocenters. The van der Waals surface area contributed by atoms with Gasteiger partial charge in [0, 0.05) is 19.5 Å². The Balaban J connectivity index is 0.00000361. The number of hydrogen-bond acceptors (Lipinski definition) is 2. The van der Waals surface area contributed by atoms with E-state index in [0.29, 0.717) is 13.0 Å². The van der Waals surface area contributed by atoms with E-state index in [0.717, 1.165) is 25.1 Å². The van der Waals surface area contributed by atoms with Crippen LogP contribution in [-0.2, 0) is 11.2 Å². The highest BCUT2D eigenvalue weighted by Crippen LogP contribution is 2.12. The molecule has 0 aliphatic heterocycles. The first-order valence-corrected chi connectivity index (χ1v) is 6.83. The predicted molar refractivity (Wildman–Crippen MR) is 82.7 cm³/mol. The molecule has 1 aromatic rings. The third-order valence-electron chi connectivity index (χ3n) is 2.88. The molecule has 1 amide bonds. The summed E-state index contributed by atoms with van der Waals surface area (Å²) in [5, 5.41) is 6.02. The molecule has 0 spiro atoms. The fraction of sp³-hybridized carbons (Fsp3) is 0.533. The van der Waals surface area contributed by atoms with Crippen LogP contribution in [0.4, 0.5) is 4.39 Å². The Hall–Kier alpha value is -1.13. The second-order valence-corrected chi connectivity index (χ2v) is 4.85. The lowest BCUT2D eigenvalue weighted by atomic mass is 9.98. The van der Waals surface area contributed by atoms with Crippen molar-refractivity contribution in [2.24, 2.45) is 5.92 Å². The Morgan fingerprint density at radius 1 is 1.35 bits per heavy atom. The van der Waals surface area contributed by atoms with Crippen molar-refractivity contribution in [3.8, 4) is 0 Å². The topological polar surface area (TPSA) is 41.1 Å². The van der Waals surface area contributed by atoms with E-state index in [1.807, 2.05) is 19.9 Å². The summed E-state index contributed by atoms with van der Waals surface area (Å²) in [6.07, 6.45) is 1.20. The van der Waals surface area contributed by atoms with Gasteiger partial charge in [-0.3, -0.25) is 4.79 Å². The number of likely N-dealkylation sites (N-methyl/N-ethyl adjacent to an activating group) is 1. The van der Waals surface area contributed by atoms with Crippen LogP contribution in [0.25, 0.3) is 0 Å². The van der Waals surface area contributed by atoms with Crippen molar-refractivity contribution in [2.75, 3.05) is 19.6 Å². The van der Waals surface area contributed by atoms with E-state index in [1.54, 1.807) is 6.07 Å². The summed E-state index contributed by atoms with van der Waals surface area (Å²) in [7, 11) is 0. The summed E-state index contributed by atoms with van der Waals surface area (Å²) in [5.74, 6) is 0.0440. The normalized spacial score (nSPS) is 11.6. The zero-order valence-electron chi connectivity index (χ0n) is 12.1. The summed E-state index contributed by atoms with van der Waals surface area (Å²) in [5.41, 5.74) is 0.938. The number of hydrogen-bond donors (Lipinski definition) is 2. The second kappa shape index (κ2) is 10.6. The van der Waals surface area contributed by atoms with Crippen LogP contribution in [0.15, 0.2) is 24.3 Å².